The van der Waals surface area contributed by atoms with Crippen LogP contribution in [0, 0.1) is 0 Å². The summed E-state index contributed by atoms with van der Waals surface area (Å²) in [6, 6.07) is 76.8. The number of hydrogen-bond donors (Lipinski definition) is 0. The van der Waals surface area contributed by atoms with Gasteiger partial charge in [-0.25, -0.2) is 4.98 Å². The highest BCUT2D eigenvalue weighted by Gasteiger charge is 2.67. The largest absolute Gasteiger partial charge is 0.298 e. The fourth-order valence-corrected chi connectivity index (χ4v) is 11.9. The van der Waals surface area contributed by atoms with Gasteiger partial charge in [0.25, 0.3) is 0 Å². The molecule has 3 nitrogen and oxygen atoms in total. The van der Waals surface area contributed by atoms with Crippen molar-refractivity contribution in [2.45, 2.75) is 16.7 Å². The summed E-state index contributed by atoms with van der Waals surface area (Å²) in [6.07, 6.45) is 0. The molecule has 0 aliphatic heterocycles. The van der Waals surface area contributed by atoms with Crippen LogP contribution < -0.4 is 0 Å². The van der Waals surface area contributed by atoms with E-state index in [1.165, 1.54) is 55.3 Å². The van der Waals surface area contributed by atoms with Crippen LogP contribution >= 0.6 is 0 Å². The molecule has 2 heterocycles. The summed E-state index contributed by atoms with van der Waals surface area (Å²) >= 11 is 0. The molecular formula is C59H36N2O. The van der Waals surface area contributed by atoms with Crippen LogP contribution in [-0.2, 0) is 15.6 Å². The van der Waals surface area contributed by atoms with Gasteiger partial charge in [-0.15, -0.1) is 0 Å². The second kappa shape index (κ2) is 12.1. The van der Waals surface area contributed by atoms with Gasteiger partial charge in [-0.1, -0.05) is 182 Å². The minimum atomic E-state index is -0.783. The number of aromatic nitrogens is 2. The van der Waals surface area contributed by atoms with Crippen molar-refractivity contribution < 1.29 is 4.79 Å². The molecule has 2 unspecified atom stereocenters. The zero-order valence-electron chi connectivity index (χ0n) is 33.6. The van der Waals surface area contributed by atoms with Crippen molar-refractivity contribution in [3.05, 3.63) is 251 Å². The van der Waals surface area contributed by atoms with E-state index < -0.39 is 10.8 Å². The molecule has 2 aromatic heterocycles. The number of pyridine rings is 1. The van der Waals surface area contributed by atoms with E-state index in [1.54, 1.807) is 0 Å². The lowest BCUT2D eigenvalue weighted by Gasteiger charge is -2.31. The molecule has 3 aliphatic rings. The summed E-state index contributed by atoms with van der Waals surface area (Å²) in [5.74, 6) is -0.0136. The Hall–Kier alpha value is -7.88. The Morgan fingerprint density at radius 3 is 1.77 bits per heavy atom. The van der Waals surface area contributed by atoms with Crippen LogP contribution in [-0.4, -0.2) is 15.2 Å². The molecule has 11 aromatic rings. The molecular weight excluding hydrogens is 753 g/mol. The van der Waals surface area contributed by atoms with Crippen LogP contribution in [0.5, 0.6) is 0 Å². The van der Waals surface area contributed by atoms with E-state index in [9.17, 15) is 4.79 Å². The molecule has 3 heteroatoms. The van der Waals surface area contributed by atoms with E-state index in [2.05, 4.69) is 192 Å². The SMILES string of the molecule is O=C1C(c2ccccc2)C1(c1ccccc1)c1ccc2c(c1)C1(c3ccccc3-c3ccccc31)c1cc(-c3ccc4c5ccccc5n5c6ccccc6nc5c4c3)ccc1-2. The predicted octanol–water partition coefficient (Wildman–Crippen LogP) is 13.5. The van der Waals surface area contributed by atoms with Gasteiger partial charge >= 0.3 is 0 Å². The average Bonchev–Trinajstić information content (AvgIpc) is 3.56. The molecule has 0 saturated heterocycles. The highest BCUT2D eigenvalue weighted by Crippen LogP contribution is 2.66. The van der Waals surface area contributed by atoms with Gasteiger partial charge in [0, 0.05) is 10.8 Å². The number of fused-ring (bicyclic) bond motifs is 18. The number of imidazole rings is 1. The number of para-hydroxylation sites is 3. The summed E-state index contributed by atoms with van der Waals surface area (Å²) in [5.41, 5.74) is 18.3. The Bertz CT molecular complexity index is 3690. The molecule has 1 saturated carbocycles. The van der Waals surface area contributed by atoms with Gasteiger partial charge in [-0.2, -0.15) is 0 Å². The maximum atomic E-state index is 14.7. The van der Waals surface area contributed by atoms with Gasteiger partial charge in [0.1, 0.15) is 5.65 Å². The Kier molecular flexibility index (Phi) is 6.63. The Morgan fingerprint density at radius 1 is 0.419 bits per heavy atom. The molecule has 9 aromatic carbocycles. The molecule has 1 fully saturated rings. The lowest BCUT2D eigenvalue weighted by Crippen LogP contribution is -2.26. The van der Waals surface area contributed by atoms with Gasteiger partial charge in [-0.3, -0.25) is 9.20 Å². The third kappa shape index (κ3) is 4.15. The van der Waals surface area contributed by atoms with Crippen molar-refractivity contribution in [3.8, 4) is 33.4 Å². The zero-order valence-corrected chi connectivity index (χ0v) is 33.6. The predicted molar refractivity (Wildman–Crippen MR) is 251 cm³/mol. The quantitative estimate of drug-likeness (QED) is 0.167. The fraction of sp³-hybridized carbons (Fsp3) is 0.0508. The number of ketones is 1. The second-order valence-electron chi connectivity index (χ2n) is 17.3. The Labute approximate surface area is 358 Å². The minimum Gasteiger partial charge on any atom is -0.298 e. The smallest absolute Gasteiger partial charge is 0.158 e. The van der Waals surface area contributed by atoms with Gasteiger partial charge < -0.3 is 0 Å². The van der Waals surface area contributed by atoms with Crippen LogP contribution in [0.2, 0.25) is 0 Å². The first-order chi connectivity index (χ1) is 30.7. The van der Waals surface area contributed by atoms with Crippen molar-refractivity contribution in [1.82, 2.24) is 9.38 Å². The fourth-order valence-electron chi connectivity index (χ4n) is 11.9. The van der Waals surface area contributed by atoms with E-state index in [4.69, 9.17) is 4.98 Å². The van der Waals surface area contributed by atoms with Gasteiger partial charge in [0.05, 0.1) is 33.3 Å². The first-order valence-corrected chi connectivity index (χ1v) is 21.5. The number of rotatable bonds is 4. The Balaban J connectivity index is 1.03. The molecule has 0 radical (unpaired) electrons. The lowest BCUT2D eigenvalue weighted by atomic mass is 9.69. The maximum absolute atomic E-state index is 14.7. The van der Waals surface area contributed by atoms with Crippen molar-refractivity contribution in [3.63, 3.8) is 0 Å². The topological polar surface area (TPSA) is 34.4 Å². The van der Waals surface area contributed by atoms with Gasteiger partial charge in [-0.05, 0) is 108 Å². The van der Waals surface area contributed by atoms with E-state index >= 15 is 0 Å². The summed E-state index contributed by atoms with van der Waals surface area (Å²) in [6.45, 7) is 0. The molecule has 0 amide bonds. The highest BCUT2D eigenvalue weighted by molar-refractivity contribution is 6.17. The second-order valence-corrected chi connectivity index (χ2v) is 17.3. The monoisotopic (exact) mass is 788 g/mol. The molecule has 0 bridgehead atoms. The number of hydrogen-bond acceptors (Lipinski definition) is 2. The first-order valence-electron chi connectivity index (χ1n) is 21.5. The van der Waals surface area contributed by atoms with Crippen molar-refractivity contribution in [2.75, 3.05) is 0 Å². The number of Topliss-reactive ketones (excluding diaryl/α,β-unsaturated/α-hetero) is 1. The van der Waals surface area contributed by atoms with Gasteiger partial charge in [0.2, 0.25) is 0 Å². The van der Waals surface area contributed by atoms with E-state index in [1.807, 2.05) is 24.3 Å². The highest BCUT2D eigenvalue weighted by atomic mass is 16.1. The average molecular weight is 789 g/mol. The molecule has 288 valence electrons. The summed E-state index contributed by atoms with van der Waals surface area (Å²) < 4.78 is 2.32. The molecule has 14 rings (SSSR count). The molecule has 2 atom stereocenters. The molecule has 0 N–H and O–H groups in total. The molecule has 3 aliphatic carbocycles. The first kappa shape index (κ1) is 33.9. The van der Waals surface area contributed by atoms with Crippen molar-refractivity contribution >= 4 is 44.1 Å². The van der Waals surface area contributed by atoms with E-state index in [0.717, 1.165) is 55.4 Å². The molecule has 1 spiro atoms. The number of carbonyl (C=O) groups excluding carboxylic acids is 1. The number of benzene rings is 9. The normalized spacial score (nSPS) is 17.7. The third-order valence-electron chi connectivity index (χ3n) is 14.5. The maximum Gasteiger partial charge on any atom is 0.158 e. The summed E-state index contributed by atoms with van der Waals surface area (Å²) in [4.78, 5) is 19.9. The third-order valence-corrected chi connectivity index (χ3v) is 14.5. The minimum absolute atomic E-state index is 0.248. The van der Waals surface area contributed by atoms with Gasteiger partial charge in [0.15, 0.2) is 5.78 Å². The van der Waals surface area contributed by atoms with Crippen LogP contribution in [0.3, 0.4) is 0 Å². The van der Waals surface area contributed by atoms with Crippen LogP contribution in [0.25, 0.3) is 71.7 Å². The number of nitrogens with zero attached hydrogens (tertiary/aromatic N) is 2. The van der Waals surface area contributed by atoms with E-state index in [0.29, 0.717) is 0 Å². The van der Waals surface area contributed by atoms with Crippen molar-refractivity contribution in [2.24, 2.45) is 0 Å². The van der Waals surface area contributed by atoms with Crippen LogP contribution in [0.4, 0.5) is 0 Å². The summed E-state index contributed by atoms with van der Waals surface area (Å²) in [5, 5.41) is 3.53. The van der Waals surface area contributed by atoms with Crippen LogP contribution in [0.1, 0.15) is 44.9 Å². The number of carbonyl (C=O) groups is 1. The van der Waals surface area contributed by atoms with Crippen molar-refractivity contribution in [1.29, 1.82) is 0 Å². The van der Waals surface area contributed by atoms with E-state index in [-0.39, 0.29) is 11.7 Å². The molecule has 62 heavy (non-hydrogen) atoms. The zero-order chi connectivity index (χ0) is 40.7. The Morgan fingerprint density at radius 2 is 1.00 bits per heavy atom. The summed E-state index contributed by atoms with van der Waals surface area (Å²) in [7, 11) is 0. The lowest BCUT2D eigenvalue weighted by molar-refractivity contribution is -0.111. The van der Waals surface area contributed by atoms with Crippen LogP contribution in [0.15, 0.2) is 212 Å². The standard InChI is InChI=1S/C59H36N2O/c62-56-55(36-15-3-1-4-16-36)58(56,39-17-5-2-6-18-39)40-29-32-45-44-31-28-38(34-50(44)59(51(45)35-40)48-22-10-7-19-42(48)43-20-8-11-23-49(43)59)37-27-30-41-46-21-9-13-25-53(46)61-54-26-14-12-24-52(54)60-57(61)47(41)33-37/h1-35,55H.